The summed E-state index contributed by atoms with van der Waals surface area (Å²) in [5, 5.41) is 5.72. The van der Waals surface area contributed by atoms with Gasteiger partial charge >= 0.3 is 5.97 Å². The number of amides is 3. The summed E-state index contributed by atoms with van der Waals surface area (Å²) in [6.45, 7) is 2.11. The summed E-state index contributed by atoms with van der Waals surface area (Å²) in [6.07, 6.45) is 2.28. The SMILES string of the molecule is CCCOC(=O)CNC(=O)c1ccc(C(=O)NS(=O)(=O)c2ccc(C(=O)NCCc3ccc(Cl)cc3)cc2)cn1. The molecule has 3 N–H and O–H groups in total. The number of carbonyl (C=O) groups is 4. The Morgan fingerprint density at radius 1 is 0.850 bits per heavy atom. The maximum Gasteiger partial charge on any atom is 0.325 e. The highest BCUT2D eigenvalue weighted by molar-refractivity contribution is 7.90. The molecule has 0 bridgehead atoms. The lowest BCUT2D eigenvalue weighted by Gasteiger charge is -2.09. The van der Waals surface area contributed by atoms with Crippen molar-refractivity contribution in [2.45, 2.75) is 24.7 Å². The van der Waals surface area contributed by atoms with E-state index < -0.39 is 27.8 Å². The molecule has 0 aliphatic heterocycles. The van der Waals surface area contributed by atoms with Crippen molar-refractivity contribution in [1.82, 2.24) is 20.3 Å². The summed E-state index contributed by atoms with van der Waals surface area (Å²) in [5.74, 6) is -2.61. The second-order valence-corrected chi connectivity index (χ2v) is 10.5. The molecule has 1 aromatic heterocycles. The quantitative estimate of drug-likeness (QED) is 0.273. The number of pyridine rings is 1. The van der Waals surface area contributed by atoms with Crippen molar-refractivity contribution in [3.8, 4) is 0 Å². The number of carbonyl (C=O) groups excluding carboxylic acids is 4. The van der Waals surface area contributed by atoms with Crippen molar-refractivity contribution < 1.29 is 32.3 Å². The Labute approximate surface area is 236 Å². The lowest BCUT2D eigenvalue weighted by atomic mass is 10.1. The molecule has 0 aliphatic rings. The lowest BCUT2D eigenvalue weighted by Crippen LogP contribution is -2.32. The molecule has 3 aromatic rings. The molecule has 0 aliphatic carbocycles. The summed E-state index contributed by atoms with van der Waals surface area (Å²) in [4.78, 5) is 52.1. The van der Waals surface area contributed by atoms with Gasteiger partial charge in [0.1, 0.15) is 12.2 Å². The second-order valence-electron chi connectivity index (χ2n) is 8.43. The van der Waals surface area contributed by atoms with E-state index in [4.69, 9.17) is 16.3 Å². The summed E-state index contributed by atoms with van der Waals surface area (Å²) in [6, 6.07) is 14.8. The van der Waals surface area contributed by atoms with Crippen molar-refractivity contribution >= 4 is 45.3 Å². The summed E-state index contributed by atoms with van der Waals surface area (Å²) < 4.78 is 32.1. The Hall–Kier alpha value is -4.29. The largest absolute Gasteiger partial charge is 0.464 e. The van der Waals surface area contributed by atoms with Gasteiger partial charge in [-0.05, 0) is 66.9 Å². The van der Waals surface area contributed by atoms with Crippen LogP contribution in [-0.4, -0.2) is 56.8 Å². The predicted octanol–water partition coefficient (Wildman–Crippen LogP) is 2.51. The van der Waals surface area contributed by atoms with Gasteiger partial charge in [-0.3, -0.25) is 24.2 Å². The molecule has 13 heteroatoms. The average molecular weight is 587 g/mol. The molecule has 0 radical (unpaired) electrons. The maximum absolute atomic E-state index is 12.7. The first-order chi connectivity index (χ1) is 19.1. The third-order valence-electron chi connectivity index (χ3n) is 5.39. The molecule has 210 valence electrons. The number of ether oxygens (including phenoxy) is 1. The molecule has 0 atom stereocenters. The number of nitrogens with zero attached hydrogens (tertiary/aromatic N) is 1. The number of benzene rings is 2. The predicted molar refractivity (Wildman–Crippen MR) is 146 cm³/mol. The van der Waals surface area contributed by atoms with Gasteiger partial charge < -0.3 is 15.4 Å². The molecule has 1 heterocycles. The van der Waals surface area contributed by atoms with E-state index in [1.165, 1.54) is 36.4 Å². The Morgan fingerprint density at radius 3 is 2.15 bits per heavy atom. The maximum atomic E-state index is 12.7. The van der Waals surface area contributed by atoms with E-state index in [-0.39, 0.29) is 40.8 Å². The topological polar surface area (TPSA) is 161 Å². The van der Waals surface area contributed by atoms with Gasteiger partial charge in [0.2, 0.25) is 0 Å². The number of halogens is 1. The molecule has 0 saturated heterocycles. The van der Waals surface area contributed by atoms with Crippen LogP contribution < -0.4 is 15.4 Å². The van der Waals surface area contributed by atoms with E-state index in [1.807, 2.05) is 23.8 Å². The fraction of sp³-hybridized carbons (Fsp3) is 0.222. The molecule has 2 aromatic carbocycles. The van der Waals surface area contributed by atoms with Gasteiger partial charge in [0.05, 0.1) is 17.1 Å². The van der Waals surface area contributed by atoms with Crippen LogP contribution in [0.15, 0.2) is 71.8 Å². The van der Waals surface area contributed by atoms with Crippen LogP contribution in [0.3, 0.4) is 0 Å². The second kappa shape index (κ2) is 14.2. The monoisotopic (exact) mass is 586 g/mol. The Morgan fingerprint density at radius 2 is 1.52 bits per heavy atom. The highest BCUT2D eigenvalue weighted by Gasteiger charge is 2.20. The zero-order valence-corrected chi connectivity index (χ0v) is 23.0. The number of rotatable bonds is 12. The Balaban J connectivity index is 1.52. The number of sulfonamides is 1. The summed E-state index contributed by atoms with van der Waals surface area (Å²) in [7, 11) is -4.26. The first kappa shape index (κ1) is 30.3. The first-order valence-electron chi connectivity index (χ1n) is 12.2. The highest BCUT2D eigenvalue weighted by atomic mass is 35.5. The van der Waals surface area contributed by atoms with Crippen molar-refractivity contribution in [3.63, 3.8) is 0 Å². The summed E-state index contributed by atoms with van der Waals surface area (Å²) in [5.41, 5.74) is 1.06. The van der Waals surface area contributed by atoms with E-state index in [1.54, 1.807) is 12.1 Å². The van der Waals surface area contributed by atoms with Crippen LogP contribution in [0.1, 0.15) is 50.1 Å². The molecule has 40 heavy (non-hydrogen) atoms. The van der Waals surface area contributed by atoms with E-state index >= 15 is 0 Å². The number of esters is 1. The minimum atomic E-state index is -4.26. The first-order valence-corrected chi connectivity index (χ1v) is 14.0. The average Bonchev–Trinajstić information content (AvgIpc) is 2.95. The standard InChI is InChI=1S/C27H27ClN4O7S/c1-2-15-39-24(33)17-31-27(36)23-12-7-20(16-30-23)26(35)32-40(37,38)22-10-5-19(6-11-22)25(34)29-14-13-18-3-8-21(28)9-4-18/h3-12,16H,2,13-15,17H2,1H3,(H,29,34)(H,31,36)(H,32,35). The van der Waals surface area contributed by atoms with E-state index in [0.29, 0.717) is 24.4 Å². The van der Waals surface area contributed by atoms with E-state index in [9.17, 15) is 27.6 Å². The lowest BCUT2D eigenvalue weighted by molar-refractivity contribution is -0.142. The fourth-order valence-corrected chi connectivity index (χ4v) is 4.37. The van der Waals surface area contributed by atoms with Gasteiger partial charge in [0.25, 0.3) is 27.7 Å². The zero-order valence-electron chi connectivity index (χ0n) is 21.5. The van der Waals surface area contributed by atoms with Gasteiger partial charge in [-0.25, -0.2) is 13.1 Å². The number of nitrogens with one attached hydrogen (secondary N) is 3. The highest BCUT2D eigenvalue weighted by Crippen LogP contribution is 2.13. The van der Waals surface area contributed by atoms with Crippen molar-refractivity contribution in [2.24, 2.45) is 0 Å². The molecule has 0 spiro atoms. The van der Waals surface area contributed by atoms with Crippen LogP contribution >= 0.6 is 11.6 Å². The van der Waals surface area contributed by atoms with Gasteiger partial charge in [0, 0.05) is 23.3 Å². The van der Waals surface area contributed by atoms with E-state index in [0.717, 1.165) is 11.8 Å². The fourth-order valence-electron chi connectivity index (χ4n) is 3.27. The molecule has 3 rings (SSSR count). The van der Waals surface area contributed by atoms with Crippen LogP contribution in [0.25, 0.3) is 0 Å². The van der Waals surface area contributed by atoms with Crippen LogP contribution in [0.2, 0.25) is 5.02 Å². The number of aromatic nitrogens is 1. The number of hydrogen-bond donors (Lipinski definition) is 3. The van der Waals surface area contributed by atoms with Crippen LogP contribution in [-0.2, 0) is 26.0 Å². The third kappa shape index (κ3) is 8.89. The zero-order chi connectivity index (χ0) is 29.1. The smallest absolute Gasteiger partial charge is 0.325 e. The van der Waals surface area contributed by atoms with Crippen molar-refractivity contribution in [1.29, 1.82) is 0 Å². The van der Waals surface area contributed by atoms with Crippen LogP contribution in [0, 0.1) is 0 Å². The van der Waals surface area contributed by atoms with Crippen molar-refractivity contribution in [3.05, 3.63) is 94.3 Å². The van der Waals surface area contributed by atoms with E-state index in [2.05, 4.69) is 15.6 Å². The molecule has 0 fully saturated rings. The van der Waals surface area contributed by atoms with Gasteiger partial charge in [-0.15, -0.1) is 0 Å². The minimum absolute atomic E-state index is 0.0790. The Kier molecular flexibility index (Phi) is 10.7. The van der Waals surface area contributed by atoms with Crippen LogP contribution in [0.5, 0.6) is 0 Å². The van der Waals surface area contributed by atoms with Gasteiger partial charge in [-0.1, -0.05) is 30.7 Å². The van der Waals surface area contributed by atoms with Gasteiger partial charge in [0.15, 0.2) is 0 Å². The molecule has 11 nitrogen and oxygen atoms in total. The molecule has 3 amide bonds. The molecule has 0 unspecified atom stereocenters. The third-order valence-corrected chi connectivity index (χ3v) is 6.98. The van der Waals surface area contributed by atoms with Crippen molar-refractivity contribution in [2.75, 3.05) is 19.7 Å². The normalized spacial score (nSPS) is 10.8. The van der Waals surface area contributed by atoms with Crippen LogP contribution in [0.4, 0.5) is 0 Å². The van der Waals surface area contributed by atoms with Gasteiger partial charge in [-0.2, -0.15) is 0 Å². The number of hydrogen-bond acceptors (Lipinski definition) is 8. The molecular weight excluding hydrogens is 560 g/mol. The molecule has 0 saturated carbocycles. The molecular formula is C27H27ClN4O7S. The summed E-state index contributed by atoms with van der Waals surface area (Å²) >= 11 is 5.86. The minimum Gasteiger partial charge on any atom is -0.464 e. The Bertz CT molecular complexity index is 1460.